The van der Waals surface area contributed by atoms with Crippen molar-refractivity contribution in [3.63, 3.8) is 0 Å². The summed E-state index contributed by atoms with van der Waals surface area (Å²) in [6.07, 6.45) is 3.15. The zero-order valence-electron chi connectivity index (χ0n) is 12.5. The van der Waals surface area contributed by atoms with Gasteiger partial charge in [-0.1, -0.05) is 43.0 Å². The summed E-state index contributed by atoms with van der Waals surface area (Å²) in [4.78, 5) is 12.3. The molecule has 116 valence electrons. The van der Waals surface area contributed by atoms with Gasteiger partial charge in [0.1, 0.15) is 6.61 Å². The summed E-state index contributed by atoms with van der Waals surface area (Å²) in [5, 5.41) is 18.1. The van der Waals surface area contributed by atoms with Gasteiger partial charge >= 0.3 is 0 Å². The Balaban J connectivity index is 1.66. The molecule has 6 heteroatoms. The standard InChI is InChI=1S/C16H19N3O2S/c1-2-11-3-5-12(6-4-11)14(21)10-22-16-18-17-15(9-20)19(16)13-7-8-13/h3-6,13,20H,2,7-10H2,1H3. The van der Waals surface area contributed by atoms with Crippen molar-refractivity contribution in [1.82, 2.24) is 14.8 Å². The smallest absolute Gasteiger partial charge is 0.191 e. The van der Waals surface area contributed by atoms with Gasteiger partial charge in [-0.3, -0.25) is 4.79 Å². The maximum atomic E-state index is 12.3. The minimum Gasteiger partial charge on any atom is -0.388 e. The van der Waals surface area contributed by atoms with Gasteiger partial charge in [0.2, 0.25) is 0 Å². The van der Waals surface area contributed by atoms with Gasteiger partial charge in [0.25, 0.3) is 0 Å². The number of nitrogens with zero attached hydrogens (tertiary/aromatic N) is 3. The van der Waals surface area contributed by atoms with Crippen molar-refractivity contribution in [1.29, 1.82) is 0 Å². The first-order valence-corrected chi connectivity index (χ1v) is 8.51. The van der Waals surface area contributed by atoms with Gasteiger partial charge in [0, 0.05) is 11.6 Å². The maximum absolute atomic E-state index is 12.3. The third-order valence-corrected chi connectivity index (χ3v) is 4.75. The molecule has 0 unspecified atom stereocenters. The molecule has 0 spiro atoms. The molecule has 1 aromatic carbocycles. The number of carbonyl (C=O) groups excluding carboxylic acids is 1. The number of hydrogen-bond donors (Lipinski definition) is 1. The molecule has 0 amide bonds. The van der Waals surface area contributed by atoms with E-state index >= 15 is 0 Å². The summed E-state index contributed by atoms with van der Waals surface area (Å²) in [6.45, 7) is 1.98. The number of thioether (sulfide) groups is 1. The largest absolute Gasteiger partial charge is 0.388 e. The number of aryl methyl sites for hydroxylation is 1. The number of benzene rings is 1. The van der Waals surface area contributed by atoms with Gasteiger partial charge in [0.15, 0.2) is 16.8 Å². The second-order valence-corrected chi connectivity index (χ2v) is 6.36. The molecule has 0 aliphatic heterocycles. The number of ketones is 1. The lowest BCUT2D eigenvalue weighted by atomic mass is 10.1. The van der Waals surface area contributed by atoms with Crippen LogP contribution in [-0.2, 0) is 13.0 Å². The summed E-state index contributed by atoms with van der Waals surface area (Å²) < 4.78 is 1.97. The summed E-state index contributed by atoms with van der Waals surface area (Å²) in [5.41, 5.74) is 1.95. The van der Waals surface area contributed by atoms with Crippen molar-refractivity contribution in [2.24, 2.45) is 0 Å². The van der Waals surface area contributed by atoms with Crippen molar-refractivity contribution >= 4 is 17.5 Å². The molecule has 1 N–H and O–H groups in total. The highest BCUT2D eigenvalue weighted by molar-refractivity contribution is 7.99. The Bertz CT molecular complexity index is 663. The van der Waals surface area contributed by atoms with Crippen molar-refractivity contribution in [2.45, 2.75) is 44.0 Å². The van der Waals surface area contributed by atoms with Crippen LogP contribution >= 0.6 is 11.8 Å². The van der Waals surface area contributed by atoms with Crippen molar-refractivity contribution in [3.8, 4) is 0 Å². The molecule has 3 rings (SSSR count). The number of carbonyl (C=O) groups is 1. The molecular formula is C16H19N3O2S. The molecule has 2 aromatic rings. The van der Waals surface area contributed by atoms with E-state index < -0.39 is 0 Å². The van der Waals surface area contributed by atoms with Crippen LogP contribution in [0.5, 0.6) is 0 Å². The Labute approximate surface area is 133 Å². The number of Topliss-reactive ketones (excluding diaryl/α,β-unsaturated/α-hetero) is 1. The molecule has 0 saturated heterocycles. The average Bonchev–Trinajstić information content (AvgIpc) is 3.32. The van der Waals surface area contributed by atoms with E-state index in [1.165, 1.54) is 17.3 Å². The van der Waals surface area contributed by atoms with E-state index in [1.54, 1.807) is 0 Å². The lowest BCUT2D eigenvalue weighted by Crippen LogP contribution is -2.06. The molecule has 5 nitrogen and oxygen atoms in total. The lowest BCUT2D eigenvalue weighted by molar-refractivity contribution is 0.102. The first-order valence-electron chi connectivity index (χ1n) is 7.52. The highest BCUT2D eigenvalue weighted by Crippen LogP contribution is 2.38. The fourth-order valence-corrected chi connectivity index (χ4v) is 3.27. The molecule has 1 aliphatic rings. The topological polar surface area (TPSA) is 68.0 Å². The van der Waals surface area contributed by atoms with E-state index in [0.29, 0.717) is 17.6 Å². The molecule has 1 aromatic heterocycles. The SMILES string of the molecule is CCc1ccc(C(=O)CSc2nnc(CO)n2C2CC2)cc1. The van der Waals surface area contributed by atoms with Crippen LogP contribution < -0.4 is 0 Å². The Morgan fingerprint density at radius 1 is 1.32 bits per heavy atom. The minimum atomic E-state index is -0.115. The molecule has 1 fully saturated rings. The third-order valence-electron chi connectivity index (χ3n) is 3.81. The summed E-state index contributed by atoms with van der Waals surface area (Å²) >= 11 is 1.39. The van der Waals surface area contributed by atoms with Crippen molar-refractivity contribution in [3.05, 3.63) is 41.2 Å². The second-order valence-electron chi connectivity index (χ2n) is 5.42. The number of hydrogen-bond acceptors (Lipinski definition) is 5. The molecule has 22 heavy (non-hydrogen) atoms. The Morgan fingerprint density at radius 3 is 2.64 bits per heavy atom. The van der Waals surface area contributed by atoms with Gasteiger partial charge in [-0.2, -0.15) is 0 Å². The Morgan fingerprint density at radius 2 is 2.05 bits per heavy atom. The van der Waals surface area contributed by atoms with E-state index in [-0.39, 0.29) is 12.4 Å². The first-order chi connectivity index (χ1) is 10.7. The number of aromatic nitrogens is 3. The Kier molecular flexibility index (Phi) is 4.59. The van der Waals surface area contributed by atoms with Crippen LogP contribution in [0.15, 0.2) is 29.4 Å². The van der Waals surface area contributed by atoms with Crippen molar-refractivity contribution in [2.75, 3.05) is 5.75 Å². The number of rotatable bonds is 7. The minimum absolute atomic E-state index is 0.0866. The average molecular weight is 317 g/mol. The van der Waals surface area contributed by atoms with Crippen molar-refractivity contribution < 1.29 is 9.90 Å². The summed E-state index contributed by atoms with van der Waals surface area (Å²) in [6, 6.07) is 8.14. The first kappa shape index (κ1) is 15.2. The van der Waals surface area contributed by atoms with E-state index in [0.717, 1.165) is 30.0 Å². The van der Waals surface area contributed by atoms with Crippen LogP contribution in [-0.4, -0.2) is 31.4 Å². The fourth-order valence-electron chi connectivity index (χ4n) is 2.35. The normalized spacial score (nSPS) is 14.3. The number of aliphatic hydroxyl groups excluding tert-OH is 1. The van der Waals surface area contributed by atoms with E-state index in [1.807, 2.05) is 28.8 Å². The molecular weight excluding hydrogens is 298 g/mol. The van der Waals surface area contributed by atoms with Crippen LogP contribution in [0.25, 0.3) is 0 Å². The molecule has 0 atom stereocenters. The highest BCUT2D eigenvalue weighted by Gasteiger charge is 2.29. The van der Waals surface area contributed by atoms with Gasteiger partial charge in [-0.05, 0) is 24.8 Å². The van der Waals surface area contributed by atoms with Gasteiger partial charge in [-0.15, -0.1) is 10.2 Å². The summed E-state index contributed by atoms with van der Waals surface area (Å²) in [7, 11) is 0. The predicted molar refractivity (Wildman–Crippen MR) is 85.1 cm³/mol. The molecule has 0 radical (unpaired) electrons. The molecule has 1 saturated carbocycles. The lowest BCUT2D eigenvalue weighted by Gasteiger charge is -2.07. The quantitative estimate of drug-likeness (QED) is 0.628. The van der Waals surface area contributed by atoms with E-state index in [2.05, 4.69) is 17.1 Å². The van der Waals surface area contributed by atoms with E-state index in [9.17, 15) is 9.90 Å². The predicted octanol–water partition coefficient (Wildman–Crippen LogP) is 2.64. The third kappa shape index (κ3) is 3.23. The fraction of sp³-hybridized carbons (Fsp3) is 0.438. The van der Waals surface area contributed by atoms with E-state index in [4.69, 9.17) is 0 Å². The van der Waals surface area contributed by atoms with Crippen LogP contribution in [0.1, 0.15) is 47.6 Å². The Hall–Kier alpha value is -1.66. The second kappa shape index (κ2) is 6.62. The molecule has 1 heterocycles. The summed E-state index contributed by atoms with van der Waals surface area (Å²) in [5.74, 6) is 1.01. The van der Waals surface area contributed by atoms with Gasteiger partial charge < -0.3 is 9.67 Å². The zero-order valence-corrected chi connectivity index (χ0v) is 13.3. The monoisotopic (exact) mass is 317 g/mol. The maximum Gasteiger partial charge on any atom is 0.191 e. The van der Waals surface area contributed by atoms with Crippen LogP contribution in [0.4, 0.5) is 0 Å². The van der Waals surface area contributed by atoms with Gasteiger partial charge in [0.05, 0.1) is 5.75 Å². The van der Waals surface area contributed by atoms with Crippen LogP contribution in [0.3, 0.4) is 0 Å². The van der Waals surface area contributed by atoms with Crippen LogP contribution in [0.2, 0.25) is 0 Å². The molecule has 0 bridgehead atoms. The molecule has 1 aliphatic carbocycles. The van der Waals surface area contributed by atoms with Crippen LogP contribution in [0, 0.1) is 0 Å². The highest BCUT2D eigenvalue weighted by atomic mass is 32.2. The number of aliphatic hydroxyl groups is 1. The zero-order chi connectivity index (χ0) is 15.5. The van der Waals surface area contributed by atoms with Gasteiger partial charge in [-0.25, -0.2) is 0 Å².